The molecule has 0 atom stereocenters. The van der Waals surface area contributed by atoms with Crippen LogP contribution in [0, 0.1) is 6.92 Å². The Kier molecular flexibility index (Phi) is 13.5. The van der Waals surface area contributed by atoms with E-state index >= 15 is 0 Å². The molecule has 4 aromatic heterocycles. The van der Waals surface area contributed by atoms with E-state index in [1.54, 1.807) is 60.9 Å². The number of carbonyl (C=O) groups is 8. The summed E-state index contributed by atoms with van der Waals surface area (Å²) in [6, 6.07) is 20.3. The maximum Gasteiger partial charge on any atom is 0.352 e. The van der Waals surface area contributed by atoms with Crippen molar-refractivity contribution in [2.24, 2.45) is 5.73 Å². The van der Waals surface area contributed by atoms with Crippen LogP contribution in [0.3, 0.4) is 0 Å². The summed E-state index contributed by atoms with van der Waals surface area (Å²) in [7, 11) is -4.27. The van der Waals surface area contributed by atoms with Gasteiger partial charge in [-0.3, -0.25) is 38.9 Å². The molecule has 450 valence electrons. The molecule has 0 saturated heterocycles. The summed E-state index contributed by atoms with van der Waals surface area (Å²) in [5.41, 5.74) is 12.3. The van der Waals surface area contributed by atoms with Crippen LogP contribution in [-0.2, 0) is 19.6 Å². The number of benzene rings is 7. The van der Waals surface area contributed by atoms with Crippen LogP contribution in [0.1, 0.15) is 185 Å². The molecule has 4 N–H and O–H groups in total. The van der Waals surface area contributed by atoms with E-state index in [1.807, 2.05) is 19.1 Å². The predicted octanol–water partition coefficient (Wildman–Crippen LogP) is 10.5. The van der Waals surface area contributed by atoms with Crippen LogP contribution >= 0.6 is 0 Å². The van der Waals surface area contributed by atoms with Crippen molar-refractivity contribution in [1.82, 2.24) is 19.8 Å². The molecule has 18 rings (SSSR count). The summed E-state index contributed by atoms with van der Waals surface area (Å²) in [4.78, 5) is 123. The minimum atomic E-state index is -4.27. The smallest absolute Gasteiger partial charge is 0.352 e. The zero-order valence-electron chi connectivity index (χ0n) is 48.7. The number of fused-ring (bicyclic) bond motifs is 4. The van der Waals surface area contributed by atoms with E-state index in [0.717, 1.165) is 102 Å². The topological polar surface area (TPSA) is 299 Å². The normalized spacial score (nSPS) is 18.0. The van der Waals surface area contributed by atoms with Crippen LogP contribution in [0.15, 0.2) is 102 Å². The molecule has 20 nitrogen and oxygen atoms in total. The van der Waals surface area contributed by atoms with E-state index in [9.17, 15) is 51.3 Å². The Morgan fingerprint density at radius 1 is 0.433 bits per heavy atom. The molecule has 4 aliphatic heterocycles. The largest absolute Gasteiger partial charge is 0.744 e. The lowest BCUT2D eigenvalue weighted by Gasteiger charge is -2.36. The first-order valence-corrected chi connectivity index (χ1v) is 31.9. The Morgan fingerprint density at radius 3 is 1.18 bits per heavy atom. The number of nitrogens with one attached hydrogen (secondary N) is 2. The third kappa shape index (κ3) is 8.79. The second kappa shape index (κ2) is 21.5. The fourth-order valence-electron chi connectivity index (χ4n) is 14.9. The third-order valence-electron chi connectivity index (χ3n) is 19.2. The van der Waals surface area contributed by atoms with Crippen molar-refractivity contribution in [3.63, 3.8) is 0 Å². The molecular weight excluding hydrogens is 1170 g/mol. The van der Waals surface area contributed by atoms with Crippen molar-refractivity contribution in [3.05, 3.63) is 148 Å². The summed E-state index contributed by atoms with van der Waals surface area (Å²) in [5, 5.41) is 8.15. The number of hydrogen-bond acceptors (Lipinski definition) is 16. The number of aromatic nitrogens is 4. The highest BCUT2D eigenvalue weighted by Crippen LogP contribution is 2.47. The zero-order chi connectivity index (χ0) is 62.2. The summed E-state index contributed by atoms with van der Waals surface area (Å²) in [5.74, 6) is -3.84. The predicted molar refractivity (Wildman–Crippen MR) is 328 cm³/mol. The van der Waals surface area contributed by atoms with Gasteiger partial charge in [0.25, 0.3) is 23.6 Å². The number of ether oxygens (including phenoxy) is 2. The van der Waals surface area contributed by atoms with Crippen molar-refractivity contribution < 1.29 is 70.8 Å². The molecule has 0 bridgehead atoms. The summed E-state index contributed by atoms with van der Waals surface area (Å²) < 4.78 is 40.9. The Labute approximate surface area is 512 Å². The minimum Gasteiger partial charge on any atom is -0.744 e. The number of rotatable bonds is 3. The highest BCUT2D eigenvalue weighted by Gasteiger charge is 2.43. The van der Waals surface area contributed by atoms with E-state index in [4.69, 9.17) is 25.2 Å². The standard InChI is InChI=1S/C34H28N4O4.C22H6N2O6.C7H8O3S.C6H13N/c39-31-21-13-11-19-27-25(21)23(33(41)37(31)17-7-3-1-4-8-17)15-35-29(27)20-12-14-22-26-24(16-36-30(19)28(20)26)34(42)38(32(22)40)18-9-5-2-6-10-18;25-19-9-3-1-7-15-13(9)11(21(27)29-19)6-24-18(15)8-2-4-10-14-12(22(28)30-20(10)26)5-23-17(7)16(8)14;1-6-2-4-7(5-3-6)11(8,9)10;7-6-4-2-1-3-5-6/h11-18H,1-10H2;1-6H;2-5H,1H3,(H,8,9,10);6H,1-5,7H2/p+1. The van der Waals surface area contributed by atoms with Crippen molar-refractivity contribution in [3.8, 4) is 0 Å². The van der Waals surface area contributed by atoms with Crippen molar-refractivity contribution in [2.45, 2.75) is 126 Å². The highest BCUT2D eigenvalue weighted by molar-refractivity contribution is 7.85. The molecule has 7 aromatic carbocycles. The van der Waals surface area contributed by atoms with Gasteiger partial charge < -0.3 is 19.8 Å². The molecule has 4 amide bonds. The first kappa shape index (κ1) is 56.7. The second-order valence-corrected chi connectivity index (χ2v) is 25.8. The minimum absolute atomic E-state index is 0.0871. The quantitative estimate of drug-likeness (QED) is 0.0429. The molecule has 7 aliphatic rings. The number of carbonyl (C=O) groups excluding carboxylic acids is 8. The second-order valence-electron chi connectivity index (χ2n) is 24.4. The number of amides is 4. The SMILES string of the molecule is Cc1ccc(S(=O)(=O)[O-])cc1.NC1CCCCC1.O=C1OC(=O)c2c[nH+]c3c4ccc5c6c(c[nH+]c(c7ccc1c2c73)c64)C(=O)OC5=O.O=C1c2ccc3c4ncc5c6c(ccc(c7ncc(c2c37)C(=O)N1C1CCCCC1)c64)C(=O)N(C1CCCCC1)C5=O. The van der Waals surface area contributed by atoms with Crippen molar-refractivity contribution in [2.75, 3.05) is 0 Å². The number of nitrogens with two attached hydrogens (primary N) is 1. The molecule has 11 aromatic rings. The maximum absolute atomic E-state index is 13.8. The van der Waals surface area contributed by atoms with E-state index in [0.29, 0.717) is 93.8 Å². The van der Waals surface area contributed by atoms with Gasteiger partial charge >= 0.3 is 23.9 Å². The molecule has 0 unspecified atom stereocenters. The van der Waals surface area contributed by atoms with Crippen LogP contribution in [0.2, 0.25) is 0 Å². The molecule has 3 fully saturated rings. The number of pyridine rings is 4. The highest BCUT2D eigenvalue weighted by atomic mass is 32.2. The molecular formula is C69H56N7O13S+. The number of cyclic esters (lactones) is 4. The van der Waals surface area contributed by atoms with Crippen molar-refractivity contribution in [1.29, 1.82) is 0 Å². The lowest BCUT2D eigenvalue weighted by Crippen LogP contribution is -2.48. The van der Waals surface area contributed by atoms with Crippen LogP contribution in [0.5, 0.6) is 0 Å². The zero-order valence-corrected chi connectivity index (χ0v) is 49.5. The Balaban J connectivity index is 0.000000121. The monoisotopic (exact) mass is 1220 g/mol. The van der Waals surface area contributed by atoms with Gasteiger partial charge in [0.15, 0.2) is 12.4 Å². The maximum atomic E-state index is 13.8. The number of aromatic amines is 2. The summed E-state index contributed by atoms with van der Waals surface area (Å²) >= 11 is 0. The van der Waals surface area contributed by atoms with Gasteiger partial charge in [-0.2, -0.15) is 0 Å². The number of H-pyrrole nitrogens is 2. The average molecular weight is 1220 g/mol. The Morgan fingerprint density at radius 2 is 0.789 bits per heavy atom. The van der Waals surface area contributed by atoms with Gasteiger partial charge in [-0.25, -0.2) is 37.6 Å². The van der Waals surface area contributed by atoms with E-state index in [2.05, 4.69) is 9.97 Å². The molecule has 8 heterocycles. The van der Waals surface area contributed by atoms with E-state index in [-0.39, 0.29) is 51.7 Å². The van der Waals surface area contributed by atoms with Crippen LogP contribution in [0.4, 0.5) is 0 Å². The lowest BCUT2D eigenvalue weighted by molar-refractivity contribution is -0.345. The number of aryl methyl sites for hydroxylation is 1. The van der Waals surface area contributed by atoms with Gasteiger partial charge in [0.05, 0.1) is 59.7 Å². The summed E-state index contributed by atoms with van der Waals surface area (Å²) in [6.45, 7) is 1.82. The third-order valence-corrected chi connectivity index (χ3v) is 20.0. The van der Waals surface area contributed by atoms with Gasteiger partial charge in [-0.15, -0.1) is 0 Å². The fourth-order valence-corrected chi connectivity index (χ4v) is 15.4. The molecule has 3 aliphatic carbocycles. The number of hydrogen-bond donors (Lipinski definition) is 1. The molecule has 0 spiro atoms. The van der Waals surface area contributed by atoms with E-state index in [1.165, 1.54) is 66.4 Å². The van der Waals surface area contributed by atoms with Gasteiger partial charge in [0, 0.05) is 84.7 Å². The first-order chi connectivity index (χ1) is 43.5. The number of esters is 4. The molecule has 21 heteroatoms. The Bertz CT molecular complexity index is 4640. The number of nitrogens with zero attached hydrogens (tertiary/aromatic N) is 4. The van der Waals surface area contributed by atoms with Gasteiger partial charge in [-0.1, -0.05) is 87.6 Å². The molecule has 0 radical (unpaired) electrons. The van der Waals surface area contributed by atoms with Gasteiger partial charge in [-0.05, 0) is 94.0 Å². The van der Waals surface area contributed by atoms with Crippen molar-refractivity contribution >= 4 is 144 Å². The lowest BCUT2D eigenvalue weighted by atomic mass is 9.84. The number of imide groups is 2. The molecule has 90 heavy (non-hydrogen) atoms. The molecule has 3 saturated carbocycles. The summed E-state index contributed by atoms with van der Waals surface area (Å²) in [6.07, 6.45) is 22.5. The van der Waals surface area contributed by atoms with Gasteiger partial charge in [0.2, 0.25) is 11.0 Å². The van der Waals surface area contributed by atoms with Crippen LogP contribution in [0.25, 0.3) is 86.7 Å². The van der Waals surface area contributed by atoms with Gasteiger partial charge in [0.1, 0.15) is 21.2 Å². The average Bonchev–Trinajstić information content (AvgIpc) is 0.706. The van der Waals surface area contributed by atoms with E-state index < -0.39 is 34.0 Å². The fraction of sp³-hybridized carbons (Fsp3) is 0.275. The van der Waals surface area contributed by atoms with Crippen LogP contribution in [-0.4, -0.2) is 98.4 Å². The Hall–Kier alpha value is -9.83. The van der Waals surface area contributed by atoms with Crippen LogP contribution < -0.4 is 15.7 Å². The first-order valence-electron chi connectivity index (χ1n) is 30.5.